The minimum Gasteiger partial charge on any atom is -0.450 e. The summed E-state index contributed by atoms with van der Waals surface area (Å²) in [6.07, 6.45) is 3.63. The highest BCUT2D eigenvalue weighted by atomic mass is 16.5. The van der Waals surface area contributed by atoms with Crippen LogP contribution in [-0.4, -0.2) is 19.2 Å². The third kappa shape index (κ3) is 7.65. The van der Waals surface area contributed by atoms with Crippen LogP contribution >= 0.6 is 0 Å². The van der Waals surface area contributed by atoms with E-state index in [9.17, 15) is 4.79 Å². The van der Waals surface area contributed by atoms with Gasteiger partial charge >= 0.3 is 6.09 Å². The van der Waals surface area contributed by atoms with Crippen molar-refractivity contribution in [2.45, 2.75) is 39.5 Å². The molecule has 0 heterocycles. The fraction of sp³-hybridized carbons (Fsp3) is 0.727. The van der Waals surface area contributed by atoms with Gasteiger partial charge in [0.15, 0.2) is 0 Å². The number of hydrogen-bond acceptors (Lipinski definition) is 2. The first-order valence-electron chi connectivity index (χ1n) is 5.28. The summed E-state index contributed by atoms with van der Waals surface area (Å²) in [5.74, 6) is 0. The molecular weight excluding hydrogens is 178 g/mol. The maximum atomic E-state index is 11.1. The van der Waals surface area contributed by atoms with Crippen molar-refractivity contribution in [2.24, 2.45) is 0 Å². The van der Waals surface area contributed by atoms with Crippen LogP contribution in [0.4, 0.5) is 4.79 Å². The van der Waals surface area contributed by atoms with Gasteiger partial charge in [-0.1, -0.05) is 38.8 Å². The Labute approximate surface area is 86.5 Å². The van der Waals surface area contributed by atoms with Gasteiger partial charge in [0.25, 0.3) is 0 Å². The van der Waals surface area contributed by atoms with Gasteiger partial charge in [-0.25, -0.2) is 4.79 Å². The van der Waals surface area contributed by atoms with Crippen molar-refractivity contribution >= 4 is 6.09 Å². The molecule has 0 aromatic rings. The third-order valence-corrected chi connectivity index (χ3v) is 1.82. The first-order chi connectivity index (χ1) is 6.70. The molecule has 0 atom stereocenters. The second-order valence-electron chi connectivity index (χ2n) is 3.34. The lowest BCUT2D eigenvalue weighted by molar-refractivity contribution is 0.145. The molecule has 0 spiro atoms. The molecule has 0 aliphatic heterocycles. The lowest BCUT2D eigenvalue weighted by Crippen LogP contribution is -2.26. The fourth-order valence-corrected chi connectivity index (χ4v) is 0.999. The van der Waals surface area contributed by atoms with Crippen molar-refractivity contribution in [3.05, 3.63) is 12.2 Å². The molecule has 0 aliphatic rings. The van der Waals surface area contributed by atoms with Crippen LogP contribution in [0, 0.1) is 0 Å². The number of nitrogens with one attached hydrogen (secondary N) is 1. The Morgan fingerprint density at radius 2 is 2.07 bits per heavy atom. The molecule has 14 heavy (non-hydrogen) atoms. The molecule has 0 aliphatic carbocycles. The van der Waals surface area contributed by atoms with Gasteiger partial charge in [0.2, 0.25) is 0 Å². The summed E-state index contributed by atoms with van der Waals surface area (Å²) in [6, 6.07) is 0. The lowest BCUT2D eigenvalue weighted by atomic mass is 10.2. The van der Waals surface area contributed by atoms with E-state index in [1.165, 1.54) is 0 Å². The number of ether oxygens (including phenoxy) is 1. The van der Waals surface area contributed by atoms with Gasteiger partial charge in [0.05, 0.1) is 6.61 Å². The van der Waals surface area contributed by atoms with Crippen LogP contribution in [0.2, 0.25) is 0 Å². The molecule has 0 unspecified atom stereocenters. The first kappa shape index (κ1) is 13.0. The highest BCUT2D eigenvalue weighted by molar-refractivity contribution is 5.67. The topological polar surface area (TPSA) is 38.3 Å². The van der Waals surface area contributed by atoms with Gasteiger partial charge in [0.1, 0.15) is 0 Å². The Morgan fingerprint density at radius 1 is 1.36 bits per heavy atom. The van der Waals surface area contributed by atoms with E-state index in [1.54, 1.807) is 0 Å². The molecule has 0 bridgehead atoms. The van der Waals surface area contributed by atoms with E-state index in [1.807, 2.05) is 0 Å². The molecule has 1 N–H and O–H groups in total. The molecule has 0 fully saturated rings. The van der Waals surface area contributed by atoms with E-state index in [-0.39, 0.29) is 6.09 Å². The zero-order chi connectivity index (χ0) is 10.8. The Hall–Kier alpha value is -0.990. The van der Waals surface area contributed by atoms with Crippen LogP contribution in [0.1, 0.15) is 39.5 Å². The Morgan fingerprint density at radius 3 is 2.64 bits per heavy atom. The fourth-order valence-electron chi connectivity index (χ4n) is 0.999. The molecule has 3 nitrogen and oxygen atoms in total. The molecule has 0 saturated heterocycles. The predicted molar refractivity (Wildman–Crippen MR) is 58.3 cm³/mol. The Bertz CT molecular complexity index is 178. The largest absolute Gasteiger partial charge is 0.450 e. The van der Waals surface area contributed by atoms with E-state index in [0.717, 1.165) is 31.3 Å². The van der Waals surface area contributed by atoms with Gasteiger partial charge in [0, 0.05) is 6.54 Å². The predicted octanol–water partition coefficient (Wildman–Crippen LogP) is 2.87. The van der Waals surface area contributed by atoms with Crippen LogP contribution in [-0.2, 0) is 4.74 Å². The summed E-state index contributed by atoms with van der Waals surface area (Å²) in [6.45, 7) is 9.02. The van der Waals surface area contributed by atoms with Crippen molar-refractivity contribution in [1.29, 1.82) is 0 Å². The zero-order valence-electron chi connectivity index (χ0n) is 9.27. The van der Waals surface area contributed by atoms with E-state index >= 15 is 0 Å². The van der Waals surface area contributed by atoms with Gasteiger partial charge in [-0.15, -0.1) is 0 Å². The summed E-state index contributed by atoms with van der Waals surface area (Å²) in [4.78, 5) is 11.1. The van der Waals surface area contributed by atoms with Crippen LogP contribution in [0.15, 0.2) is 12.2 Å². The quantitative estimate of drug-likeness (QED) is 0.505. The van der Waals surface area contributed by atoms with Gasteiger partial charge in [-0.3, -0.25) is 0 Å². The van der Waals surface area contributed by atoms with E-state index in [0.29, 0.717) is 13.2 Å². The summed E-state index contributed by atoms with van der Waals surface area (Å²) in [5.41, 5.74) is 1.04. The van der Waals surface area contributed by atoms with Crippen molar-refractivity contribution in [3.8, 4) is 0 Å². The standard InChI is InChI=1S/C11H21NO2/c1-4-6-8-14-11(13)12-9-10(3)7-5-2/h3-9H2,1-2H3,(H,12,13). The number of alkyl carbamates (subject to hydrolysis) is 1. The van der Waals surface area contributed by atoms with Crippen molar-refractivity contribution < 1.29 is 9.53 Å². The monoisotopic (exact) mass is 199 g/mol. The molecule has 0 aromatic heterocycles. The summed E-state index contributed by atoms with van der Waals surface area (Å²) >= 11 is 0. The molecule has 0 saturated carbocycles. The average molecular weight is 199 g/mol. The second-order valence-corrected chi connectivity index (χ2v) is 3.34. The van der Waals surface area contributed by atoms with Crippen LogP contribution in [0.3, 0.4) is 0 Å². The van der Waals surface area contributed by atoms with Gasteiger partial charge in [-0.2, -0.15) is 0 Å². The second kappa shape index (κ2) is 8.60. The number of unbranched alkanes of at least 4 members (excludes halogenated alkanes) is 1. The Balaban J connectivity index is 3.39. The van der Waals surface area contributed by atoms with Crippen LogP contribution in [0.5, 0.6) is 0 Å². The number of rotatable bonds is 7. The zero-order valence-corrected chi connectivity index (χ0v) is 9.27. The summed E-state index contributed by atoms with van der Waals surface area (Å²) in [7, 11) is 0. The van der Waals surface area contributed by atoms with Crippen LogP contribution < -0.4 is 5.32 Å². The van der Waals surface area contributed by atoms with Crippen molar-refractivity contribution in [3.63, 3.8) is 0 Å². The van der Waals surface area contributed by atoms with Crippen molar-refractivity contribution in [2.75, 3.05) is 13.2 Å². The maximum Gasteiger partial charge on any atom is 0.407 e. The molecule has 0 radical (unpaired) electrons. The normalized spacial score (nSPS) is 9.57. The van der Waals surface area contributed by atoms with Gasteiger partial charge < -0.3 is 10.1 Å². The number of carbonyl (C=O) groups is 1. The average Bonchev–Trinajstić information content (AvgIpc) is 2.16. The molecule has 82 valence electrons. The van der Waals surface area contributed by atoms with E-state index in [4.69, 9.17) is 4.74 Å². The number of carbonyl (C=O) groups excluding carboxylic acids is 1. The molecule has 1 amide bonds. The Kier molecular flexibility index (Phi) is 7.99. The van der Waals surface area contributed by atoms with Crippen molar-refractivity contribution in [1.82, 2.24) is 5.32 Å². The van der Waals surface area contributed by atoms with Crippen LogP contribution in [0.25, 0.3) is 0 Å². The molecule has 3 heteroatoms. The first-order valence-corrected chi connectivity index (χ1v) is 5.28. The molecule has 0 aromatic carbocycles. The highest BCUT2D eigenvalue weighted by Gasteiger charge is 2.00. The summed E-state index contributed by atoms with van der Waals surface area (Å²) < 4.78 is 4.92. The maximum absolute atomic E-state index is 11.1. The van der Waals surface area contributed by atoms with E-state index < -0.39 is 0 Å². The number of amides is 1. The summed E-state index contributed by atoms with van der Waals surface area (Å²) in [5, 5.41) is 2.67. The SMILES string of the molecule is C=C(CCC)CNC(=O)OCCCC. The minimum atomic E-state index is -0.337. The van der Waals surface area contributed by atoms with Gasteiger partial charge in [-0.05, 0) is 12.8 Å². The molecular formula is C11H21NO2. The van der Waals surface area contributed by atoms with E-state index in [2.05, 4.69) is 25.7 Å². The lowest BCUT2D eigenvalue weighted by Gasteiger charge is -2.07. The minimum absolute atomic E-state index is 0.337. The molecule has 0 rings (SSSR count). The third-order valence-electron chi connectivity index (χ3n) is 1.82. The smallest absolute Gasteiger partial charge is 0.407 e. The highest BCUT2D eigenvalue weighted by Crippen LogP contribution is 1.99. The number of hydrogen-bond donors (Lipinski definition) is 1.